The number of benzene rings is 2. The van der Waals surface area contributed by atoms with Gasteiger partial charge in [0.2, 0.25) is 0 Å². The summed E-state index contributed by atoms with van der Waals surface area (Å²) in [5, 5.41) is 0.799. The molecule has 1 heterocycles. The van der Waals surface area contributed by atoms with E-state index in [0.717, 1.165) is 23.8 Å². The highest BCUT2D eigenvalue weighted by atomic mass is 16.5. The molecule has 26 heavy (non-hydrogen) atoms. The zero-order valence-electron chi connectivity index (χ0n) is 15.3. The average Bonchev–Trinajstić information content (AvgIpc) is 2.66. The van der Waals surface area contributed by atoms with Crippen molar-refractivity contribution >= 4 is 11.0 Å². The van der Waals surface area contributed by atoms with Gasteiger partial charge in [0, 0.05) is 24.1 Å². The molecule has 0 N–H and O–H groups in total. The van der Waals surface area contributed by atoms with Crippen LogP contribution in [0.5, 0.6) is 11.5 Å². The number of rotatable bonds is 8. The van der Waals surface area contributed by atoms with Gasteiger partial charge in [-0.15, -0.1) is 0 Å². The number of hydrogen-bond donors (Lipinski definition) is 0. The minimum atomic E-state index is -0.324. The molecule has 2 aromatic carbocycles. The summed E-state index contributed by atoms with van der Waals surface area (Å²) in [6, 6.07) is 15.4. The van der Waals surface area contributed by atoms with Crippen molar-refractivity contribution in [2.45, 2.75) is 33.1 Å². The zero-order valence-corrected chi connectivity index (χ0v) is 15.3. The van der Waals surface area contributed by atoms with Crippen LogP contribution >= 0.6 is 0 Å². The molecule has 0 bridgehead atoms. The van der Waals surface area contributed by atoms with E-state index in [9.17, 15) is 4.79 Å². The fourth-order valence-electron chi connectivity index (χ4n) is 2.78. The van der Waals surface area contributed by atoms with E-state index in [-0.39, 0.29) is 5.63 Å². The van der Waals surface area contributed by atoms with Gasteiger partial charge in [0.15, 0.2) is 0 Å². The normalized spacial score (nSPS) is 10.8. The maximum atomic E-state index is 12.4. The molecule has 0 saturated heterocycles. The minimum absolute atomic E-state index is 0.324. The zero-order chi connectivity index (χ0) is 18.4. The lowest BCUT2D eigenvalue weighted by atomic mass is 10.0. The van der Waals surface area contributed by atoms with Crippen LogP contribution < -0.4 is 15.1 Å². The van der Waals surface area contributed by atoms with Gasteiger partial charge in [-0.25, -0.2) is 4.79 Å². The summed E-state index contributed by atoms with van der Waals surface area (Å²) in [6.07, 6.45) is 2.33. The van der Waals surface area contributed by atoms with Gasteiger partial charge >= 0.3 is 5.63 Å². The summed E-state index contributed by atoms with van der Waals surface area (Å²) in [6.45, 7) is 5.31. The van der Waals surface area contributed by atoms with Crippen molar-refractivity contribution in [1.29, 1.82) is 0 Å². The van der Waals surface area contributed by atoms with Crippen molar-refractivity contribution in [3.8, 4) is 11.5 Å². The Kier molecular flexibility index (Phi) is 5.95. The van der Waals surface area contributed by atoms with Gasteiger partial charge in [-0.1, -0.05) is 44.2 Å². The molecule has 0 unspecified atom stereocenters. The number of ether oxygens (including phenoxy) is 2. The molecule has 4 nitrogen and oxygen atoms in total. The molecule has 0 saturated carbocycles. The van der Waals surface area contributed by atoms with Crippen molar-refractivity contribution in [2.24, 2.45) is 0 Å². The summed E-state index contributed by atoms with van der Waals surface area (Å²) in [7, 11) is 0. The van der Waals surface area contributed by atoms with E-state index >= 15 is 0 Å². The van der Waals surface area contributed by atoms with Crippen LogP contribution in [-0.4, -0.2) is 13.2 Å². The second kappa shape index (κ2) is 8.56. The van der Waals surface area contributed by atoms with E-state index in [4.69, 9.17) is 13.9 Å². The largest absolute Gasteiger partial charge is 0.493 e. The molecule has 0 spiro atoms. The highest BCUT2D eigenvalue weighted by Gasteiger charge is 2.13. The van der Waals surface area contributed by atoms with Crippen molar-refractivity contribution < 1.29 is 13.9 Å². The smallest absolute Gasteiger partial charge is 0.339 e. The molecule has 1 aromatic heterocycles. The Hall–Kier alpha value is -2.75. The first kappa shape index (κ1) is 18.1. The monoisotopic (exact) mass is 352 g/mol. The van der Waals surface area contributed by atoms with Crippen molar-refractivity contribution in [1.82, 2.24) is 0 Å². The Morgan fingerprint density at radius 1 is 0.923 bits per heavy atom. The van der Waals surface area contributed by atoms with Gasteiger partial charge in [-0.05, 0) is 24.5 Å². The molecule has 0 aliphatic heterocycles. The van der Waals surface area contributed by atoms with Crippen LogP contribution in [0.25, 0.3) is 11.0 Å². The Labute approximate surface area is 153 Å². The fourth-order valence-corrected chi connectivity index (χ4v) is 2.78. The predicted molar refractivity (Wildman–Crippen MR) is 103 cm³/mol. The third kappa shape index (κ3) is 4.26. The standard InChI is InChI=1S/C22H24O4/c1-3-10-24-18-14-20(25-11-4-2)19-13-17(22(23)26-21(19)15-18)12-16-8-6-5-7-9-16/h5-9,13-15H,3-4,10-12H2,1-2H3. The second-order valence-electron chi connectivity index (χ2n) is 6.25. The Bertz CT molecular complexity index is 913. The van der Waals surface area contributed by atoms with Gasteiger partial charge in [-0.3, -0.25) is 0 Å². The lowest BCUT2D eigenvalue weighted by Crippen LogP contribution is -2.08. The van der Waals surface area contributed by atoms with E-state index in [0.29, 0.717) is 42.3 Å². The Balaban J connectivity index is 2.04. The third-order valence-corrected chi connectivity index (χ3v) is 4.03. The molecule has 0 aliphatic carbocycles. The SMILES string of the molecule is CCCOc1cc(OCCC)c2cc(Cc3ccccc3)c(=O)oc2c1. The van der Waals surface area contributed by atoms with E-state index in [1.165, 1.54) is 0 Å². The highest BCUT2D eigenvalue weighted by molar-refractivity contribution is 5.85. The fraction of sp³-hybridized carbons (Fsp3) is 0.318. The molecule has 0 fully saturated rings. The molecule has 0 atom stereocenters. The highest BCUT2D eigenvalue weighted by Crippen LogP contribution is 2.32. The molecule has 0 radical (unpaired) electrons. The van der Waals surface area contributed by atoms with Crippen LogP contribution in [0, 0.1) is 0 Å². The van der Waals surface area contributed by atoms with Crippen LogP contribution in [0.15, 0.2) is 57.7 Å². The summed E-state index contributed by atoms with van der Waals surface area (Å²) < 4.78 is 17.2. The lowest BCUT2D eigenvalue weighted by Gasteiger charge is -2.12. The first-order valence-electron chi connectivity index (χ1n) is 9.11. The Morgan fingerprint density at radius 3 is 2.38 bits per heavy atom. The van der Waals surface area contributed by atoms with Gasteiger partial charge in [-0.2, -0.15) is 0 Å². The van der Waals surface area contributed by atoms with Gasteiger partial charge in [0.1, 0.15) is 17.1 Å². The van der Waals surface area contributed by atoms with E-state index in [1.807, 2.05) is 49.4 Å². The number of hydrogen-bond acceptors (Lipinski definition) is 4. The van der Waals surface area contributed by atoms with Crippen molar-refractivity contribution in [3.05, 3.63) is 70.1 Å². The van der Waals surface area contributed by atoms with E-state index < -0.39 is 0 Å². The van der Waals surface area contributed by atoms with E-state index in [1.54, 1.807) is 6.07 Å². The molecule has 0 amide bonds. The second-order valence-corrected chi connectivity index (χ2v) is 6.25. The third-order valence-electron chi connectivity index (χ3n) is 4.03. The summed E-state index contributed by atoms with van der Waals surface area (Å²) >= 11 is 0. The maximum absolute atomic E-state index is 12.4. The van der Waals surface area contributed by atoms with Crippen LogP contribution in [-0.2, 0) is 6.42 Å². The van der Waals surface area contributed by atoms with Crippen LogP contribution in [0.4, 0.5) is 0 Å². The molecule has 0 aliphatic rings. The first-order valence-corrected chi connectivity index (χ1v) is 9.11. The lowest BCUT2D eigenvalue weighted by molar-refractivity contribution is 0.303. The topological polar surface area (TPSA) is 48.7 Å². The molecule has 3 rings (SSSR count). The molecule has 3 aromatic rings. The summed E-state index contributed by atoms with van der Waals surface area (Å²) in [5.41, 5.74) is 1.85. The summed E-state index contributed by atoms with van der Waals surface area (Å²) in [5.74, 6) is 1.35. The van der Waals surface area contributed by atoms with Crippen molar-refractivity contribution in [3.63, 3.8) is 0 Å². The average molecular weight is 352 g/mol. The first-order chi connectivity index (χ1) is 12.7. The Morgan fingerprint density at radius 2 is 1.65 bits per heavy atom. The summed E-state index contributed by atoms with van der Waals surface area (Å²) in [4.78, 5) is 12.4. The van der Waals surface area contributed by atoms with Crippen LogP contribution in [0.1, 0.15) is 37.8 Å². The van der Waals surface area contributed by atoms with Gasteiger partial charge < -0.3 is 13.9 Å². The van der Waals surface area contributed by atoms with Gasteiger partial charge in [0.05, 0.1) is 18.6 Å². The van der Waals surface area contributed by atoms with Crippen LogP contribution in [0.3, 0.4) is 0 Å². The molecular weight excluding hydrogens is 328 g/mol. The van der Waals surface area contributed by atoms with Crippen LogP contribution in [0.2, 0.25) is 0 Å². The van der Waals surface area contributed by atoms with E-state index in [2.05, 4.69) is 6.92 Å². The molecule has 4 heteroatoms. The molecular formula is C22H24O4. The molecule has 136 valence electrons. The number of fused-ring (bicyclic) bond motifs is 1. The minimum Gasteiger partial charge on any atom is -0.493 e. The quantitative estimate of drug-likeness (QED) is 0.538. The van der Waals surface area contributed by atoms with Crippen molar-refractivity contribution in [2.75, 3.05) is 13.2 Å². The van der Waals surface area contributed by atoms with Gasteiger partial charge in [0.25, 0.3) is 0 Å². The maximum Gasteiger partial charge on any atom is 0.339 e. The predicted octanol–water partition coefficient (Wildman–Crippen LogP) is 4.96.